The lowest BCUT2D eigenvalue weighted by atomic mass is 10.0. The fraction of sp³-hybridized carbons (Fsp3) is 0.478. The van der Waals surface area contributed by atoms with E-state index >= 15 is 0 Å². The van der Waals surface area contributed by atoms with Crippen molar-refractivity contribution in [2.45, 2.75) is 31.9 Å². The molecule has 2 fully saturated rings. The van der Waals surface area contributed by atoms with E-state index in [1.54, 1.807) is 11.0 Å². The average molecular weight is 439 g/mol. The van der Waals surface area contributed by atoms with Crippen LogP contribution in [0.25, 0.3) is 0 Å². The van der Waals surface area contributed by atoms with Crippen molar-refractivity contribution >= 4 is 17.4 Å². The second-order valence-electron chi connectivity index (χ2n) is 8.72. The molecule has 32 heavy (non-hydrogen) atoms. The number of hydrogen-bond donors (Lipinski definition) is 0. The van der Waals surface area contributed by atoms with Crippen LogP contribution in [0.3, 0.4) is 0 Å². The number of methoxy groups -OCH3 is 1. The molecule has 2 aliphatic heterocycles. The lowest BCUT2D eigenvalue weighted by Crippen LogP contribution is -2.50. The Morgan fingerprint density at radius 1 is 1.16 bits per heavy atom. The fourth-order valence-corrected chi connectivity index (χ4v) is 4.09. The van der Waals surface area contributed by atoms with E-state index in [1.165, 1.54) is 19.5 Å². The molecule has 3 aliphatic rings. The average Bonchev–Trinajstić information content (AvgIpc) is 3.39. The molecule has 1 aliphatic carbocycles. The Labute approximate surface area is 186 Å². The summed E-state index contributed by atoms with van der Waals surface area (Å²) in [7, 11) is 1.52. The van der Waals surface area contributed by atoms with E-state index in [0.29, 0.717) is 38.4 Å². The highest BCUT2D eigenvalue weighted by molar-refractivity contribution is 6.14. The normalized spacial score (nSPS) is 18.9. The quantitative estimate of drug-likeness (QED) is 0.687. The van der Waals surface area contributed by atoms with Crippen molar-refractivity contribution < 1.29 is 18.7 Å². The first-order valence-corrected chi connectivity index (χ1v) is 10.9. The zero-order valence-electron chi connectivity index (χ0n) is 18.3. The summed E-state index contributed by atoms with van der Waals surface area (Å²) in [6.45, 7) is 5.09. The molecule has 2 aromatic rings. The van der Waals surface area contributed by atoms with Gasteiger partial charge in [0.2, 0.25) is 5.91 Å². The van der Waals surface area contributed by atoms with Gasteiger partial charge in [-0.2, -0.15) is 0 Å². The number of anilines is 1. The van der Waals surface area contributed by atoms with Gasteiger partial charge in [0.25, 0.3) is 0 Å². The predicted molar refractivity (Wildman–Crippen MR) is 117 cm³/mol. The monoisotopic (exact) mass is 439 g/mol. The summed E-state index contributed by atoms with van der Waals surface area (Å²) in [5.74, 6) is 0.703. The Kier molecular flexibility index (Phi) is 5.28. The third kappa shape index (κ3) is 4.04. The van der Waals surface area contributed by atoms with E-state index in [1.807, 2.05) is 13.0 Å². The van der Waals surface area contributed by atoms with Gasteiger partial charge < -0.3 is 19.3 Å². The molecule has 1 saturated carbocycles. The zero-order valence-corrected chi connectivity index (χ0v) is 18.3. The van der Waals surface area contributed by atoms with Crippen LogP contribution < -0.4 is 9.64 Å². The van der Waals surface area contributed by atoms with Crippen LogP contribution in [0, 0.1) is 5.82 Å². The van der Waals surface area contributed by atoms with Gasteiger partial charge in [-0.05, 0) is 37.5 Å². The number of rotatable bonds is 6. The number of ether oxygens (including phenoxy) is 2. The number of hydrogen-bond acceptors (Lipinski definition) is 7. The van der Waals surface area contributed by atoms with E-state index < -0.39 is 0 Å². The minimum atomic E-state index is -0.349. The number of aliphatic imine (C=N–C) groups is 1. The Bertz CT molecular complexity index is 1080. The van der Waals surface area contributed by atoms with Crippen LogP contribution in [0.4, 0.5) is 10.2 Å². The van der Waals surface area contributed by atoms with Crippen LogP contribution >= 0.6 is 0 Å². The minimum Gasteiger partial charge on any atom is -0.484 e. The topological polar surface area (TPSA) is 80.2 Å². The summed E-state index contributed by atoms with van der Waals surface area (Å²) in [4.78, 5) is 29.5. The predicted octanol–water partition coefficient (Wildman–Crippen LogP) is 2.19. The first kappa shape index (κ1) is 20.8. The van der Waals surface area contributed by atoms with Crippen molar-refractivity contribution in [3.05, 3.63) is 47.2 Å². The molecule has 0 N–H and O–H groups in total. The Hall–Kier alpha value is -3.07. The Balaban J connectivity index is 1.34. The standard InChI is InChI=1S/C23H26FN5O3/c1-23(3-4-23)32-19-10-16-15(9-17(19)24)12-25-22(16)18-11-20(27-14-26-18)28-5-7-29(8-6-28)21(30)13-31-2/h9-11,14H,3-8,12-13H2,1-2H3. The van der Waals surface area contributed by atoms with Crippen molar-refractivity contribution in [3.8, 4) is 5.75 Å². The molecular formula is C23H26FN5O3. The third-order valence-electron chi connectivity index (χ3n) is 6.25. The number of fused-ring (bicyclic) bond motifs is 1. The molecule has 0 bridgehead atoms. The Morgan fingerprint density at radius 3 is 2.66 bits per heavy atom. The van der Waals surface area contributed by atoms with Gasteiger partial charge in [0.05, 0.1) is 18.0 Å². The van der Waals surface area contributed by atoms with Crippen molar-refractivity contribution in [2.75, 3.05) is 44.8 Å². The smallest absolute Gasteiger partial charge is 0.248 e. The summed E-state index contributed by atoms with van der Waals surface area (Å²) in [6, 6.07) is 5.18. The van der Waals surface area contributed by atoms with E-state index in [9.17, 15) is 9.18 Å². The molecule has 8 nitrogen and oxygen atoms in total. The number of aromatic nitrogens is 2. The largest absolute Gasteiger partial charge is 0.484 e. The first-order chi connectivity index (χ1) is 15.5. The number of carbonyl (C=O) groups excluding carboxylic acids is 1. The third-order valence-corrected chi connectivity index (χ3v) is 6.25. The maximum absolute atomic E-state index is 14.5. The molecule has 1 aromatic carbocycles. The summed E-state index contributed by atoms with van der Waals surface area (Å²) in [6.07, 6.45) is 3.40. The van der Waals surface area contributed by atoms with Crippen molar-refractivity contribution in [2.24, 2.45) is 4.99 Å². The van der Waals surface area contributed by atoms with Gasteiger partial charge in [-0.25, -0.2) is 14.4 Å². The molecule has 0 radical (unpaired) electrons. The van der Waals surface area contributed by atoms with Gasteiger partial charge in [0, 0.05) is 44.9 Å². The highest BCUT2D eigenvalue weighted by atomic mass is 19.1. The number of carbonyl (C=O) groups is 1. The molecule has 1 saturated heterocycles. The molecule has 0 unspecified atom stereocenters. The first-order valence-electron chi connectivity index (χ1n) is 10.9. The van der Waals surface area contributed by atoms with Crippen LogP contribution in [0.2, 0.25) is 0 Å². The molecule has 1 amide bonds. The van der Waals surface area contributed by atoms with Gasteiger partial charge >= 0.3 is 0 Å². The van der Waals surface area contributed by atoms with Crippen LogP contribution in [-0.4, -0.2) is 72.0 Å². The zero-order chi connectivity index (χ0) is 22.3. The maximum Gasteiger partial charge on any atom is 0.248 e. The summed E-state index contributed by atoms with van der Waals surface area (Å²) >= 11 is 0. The number of amides is 1. The molecule has 9 heteroatoms. The Morgan fingerprint density at radius 2 is 1.94 bits per heavy atom. The van der Waals surface area contributed by atoms with E-state index in [0.717, 1.165) is 35.5 Å². The van der Waals surface area contributed by atoms with Gasteiger partial charge in [0.1, 0.15) is 24.4 Å². The second-order valence-corrected chi connectivity index (χ2v) is 8.72. The minimum absolute atomic E-state index is 0.00208. The van der Waals surface area contributed by atoms with Crippen molar-refractivity contribution in [3.63, 3.8) is 0 Å². The maximum atomic E-state index is 14.5. The van der Waals surface area contributed by atoms with Crippen molar-refractivity contribution in [1.29, 1.82) is 0 Å². The summed E-state index contributed by atoms with van der Waals surface area (Å²) in [5.41, 5.74) is 2.84. The number of benzene rings is 1. The molecule has 5 rings (SSSR count). The number of nitrogens with zero attached hydrogens (tertiary/aromatic N) is 5. The van der Waals surface area contributed by atoms with E-state index in [2.05, 4.69) is 19.9 Å². The van der Waals surface area contributed by atoms with Gasteiger partial charge in [-0.15, -0.1) is 0 Å². The van der Waals surface area contributed by atoms with Gasteiger partial charge in [0.15, 0.2) is 11.6 Å². The van der Waals surface area contributed by atoms with Crippen molar-refractivity contribution in [1.82, 2.24) is 14.9 Å². The molecule has 0 atom stereocenters. The number of piperazine rings is 1. The van der Waals surface area contributed by atoms with E-state index in [-0.39, 0.29) is 29.7 Å². The van der Waals surface area contributed by atoms with E-state index in [4.69, 9.17) is 9.47 Å². The summed E-state index contributed by atoms with van der Waals surface area (Å²) < 4.78 is 25.4. The second kappa shape index (κ2) is 8.12. The fourth-order valence-electron chi connectivity index (χ4n) is 4.09. The summed E-state index contributed by atoms with van der Waals surface area (Å²) in [5, 5.41) is 0. The highest BCUT2D eigenvalue weighted by Crippen LogP contribution is 2.41. The highest BCUT2D eigenvalue weighted by Gasteiger charge is 2.41. The van der Waals surface area contributed by atoms with Crippen LogP contribution in [0.15, 0.2) is 29.5 Å². The van der Waals surface area contributed by atoms with Gasteiger partial charge in [-0.1, -0.05) is 0 Å². The van der Waals surface area contributed by atoms with Crippen LogP contribution in [0.5, 0.6) is 5.75 Å². The molecule has 0 spiro atoms. The number of halogens is 1. The lowest BCUT2D eigenvalue weighted by Gasteiger charge is -2.35. The van der Waals surface area contributed by atoms with Gasteiger partial charge in [-0.3, -0.25) is 9.79 Å². The SMILES string of the molecule is COCC(=O)N1CCN(c2cc(C3=NCc4cc(F)c(OC5(C)CC5)cc43)ncn2)CC1. The van der Waals surface area contributed by atoms with Crippen LogP contribution in [0.1, 0.15) is 36.6 Å². The molecule has 168 valence electrons. The molecule has 1 aromatic heterocycles. The van der Waals surface area contributed by atoms with Crippen LogP contribution in [-0.2, 0) is 16.1 Å². The molecule has 3 heterocycles. The molecular weight excluding hydrogens is 413 g/mol. The lowest BCUT2D eigenvalue weighted by molar-refractivity contribution is -0.135.